The van der Waals surface area contributed by atoms with Crippen LogP contribution in [0.25, 0.3) is 0 Å². The first-order valence-electron chi connectivity index (χ1n) is 7.55. The Morgan fingerprint density at radius 3 is 1.76 bits per heavy atom. The monoisotopic (exact) mass is 244 g/mol. The molecular formula is C16H33F. The van der Waals surface area contributed by atoms with Crippen LogP contribution in [0.15, 0.2) is 0 Å². The Kier molecular flexibility index (Phi) is 8.90. The van der Waals surface area contributed by atoms with Crippen molar-refractivity contribution in [1.82, 2.24) is 0 Å². The van der Waals surface area contributed by atoms with E-state index in [1.807, 2.05) is 0 Å². The van der Waals surface area contributed by atoms with Crippen LogP contribution < -0.4 is 0 Å². The fourth-order valence-electron chi connectivity index (χ4n) is 2.64. The van der Waals surface area contributed by atoms with Crippen molar-refractivity contribution in [1.29, 1.82) is 0 Å². The minimum absolute atomic E-state index is 0.147. The largest absolute Gasteiger partial charge is 0.251 e. The van der Waals surface area contributed by atoms with Crippen LogP contribution in [0.2, 0.25) is 0 Å². The van der Waals surface area contributed by atoms with Crippen molar-refractivity contribution in [3.8, 4) is 0 Å². The molecule has 0 aromatic rings. The van der Waals surface area contributed by atoms with Crippen LogP contribution in [0.3, 0.4) is 0 Å². The molecule has 0 bridgehead atoms. The second kappa shape index (κ2) is 8.94. The van der Waals surface area contributed by atoms with Gasteiger partial charge in [-0.3, -0.25) is 4.39 Å². The standard InChI is InChI=1S/C16H33F/c1-6-8-10-16(5,11-9-7-2)12-15(13-17)14(3)4/h14-15H,6-13H2,1-5H3. The van der Waals surface area contributed by atoms with E-state index in [1.54, 1.807) is 0 Å². The van der Waals surface area contributed by atoms with E-state index in [4.69, 9.17) is 0 Å². The van der Waals surface area contributed by atoms with E-state index in [2.05, 4.69) is 34.6 Å². The normalized spacial score (nSPS) is 14.3. The first-order chi connectivity index (χ1) is 7.99. The number of alkyl halides is 1. The van der Waals surface area contributed by atoms with E-state index in [9.17, 15) is 4.39 Å². The molecule has 0 saturated heterocycles. The molecule has 17 heavy (non-hydrogen) atoms. The van der Waals surface area contributed by atoms with E-state index in [0.717, 1.165) is 6.42 Å². The zero-order valence-corrected chi connectivity index (χ0v) is 12.7. The summed E-state index contributed by atoms with van der Waals surface area (Å²) in [6, 6.07) is 0. The summed E-state index contributed by atoms with van der Waals surface area (Å²) in [7, 11) is 0. The number of halogens is 1. The first-order valence-corrected chi connectivity index (χ1v) is 7.55. The van der Waals surface area contributed by atoms with Crippen LogP contribution in [-0.4, -0.2) is 6.67 Å². The minimum atomic E-state index is -0.147. The molecule has 0 fully saturated rings. The highest BCUT2D eigenvalue weighted by Crippen LogP contribution is 2.39. The Balaban J connectivity index is 4.42. The molecular weight excluding hydrogens is 211 g/mol. The number of rotatable bonds is 10. The Hall–Kier alpha value is -0.0700. The topological polar surface area (TPSA) is 0 Å². The highest BCUT2D eigenvalue weighted by atomic mass is 19.1. The van der Waals surface area contributed by atoms with Crippen molar-refractivity contribution < 1.29 is 4.39 Å². The lowest BCUT2D eigenvalue weighted by Gasteiger charge is -2.34. The lowest BCUT2D eigenvalue weighted by atomic mass is 9.72. The van der Waals surface area contributed by atoms with Crippen molar-refractivity contribution in [2.75, 3.05) is 6.67 Å². The van der Waals surface area contributed by atoms with Gasteiger partial charge in [0.2, 0.25) is 0 Å². The van der Waals surface area contributed by atoms with Gasteiger partial charge in [-0.1, -0.05) is 60.3 Å². The van der Waals surface area contributed by atoms with Gasteiger partial charge in [-0.05, 0) is 36.5 Å². The van der Waals surface area contributed by atoms with E-state index in [-0.39, 0.29) is 12.6 Å². The van der Waals surface area contributed by atoms with Gasteiger partial charge in [0, 0.05) is 0 Å². The maximum absolute atomic E-state index is 13.1. The van der Waals surface area contributed by atoms with E-state index >= 15 is 0 Å². The molecule has 0 heterocycles. The molecule has 0 aromatic heterocycles. The average Bonchev–Trinajstić information content (AvgIpc) is 2.31. The SMILES string of the molecule is CCCCC(C)(CCCC)CC(CF)C(C)C. The average molecular weight is 244 g/mol. The molecule has 0 rings (SSSR count). The van der Waals surface area contributed by atoms with Crippen molar-refractivity contribution in [2.45, 2.75) is 79.6 Å². The first kappa shape index (κ1) is 16.9. The summed E-state index contributed by atoms with van der Waals surface area (Å²) in [5.41, 5.74) is 0.368. The predicted octanol–water partition coefficient (Wildman–Crippen LogP) is 6.00. The van der Waals surface area contributed by atoms with Gasteiger partial charge in [0.25, 0.3) is 0 Å². The lowest BCUT2D eigenvalue weighted by molar-refractivity contribution is 0.146. The third-order valence-corrected chi connectivity index (χ3v) is 4.16. The molecule has 0 spiro atoms. The molecule has 0 aromatic carbocycles. The minimum Gasteiger partial charge on any atom is -0.251 e. The van der Waals surface area contributed by atoms with Crippen LogP contribution in [0.1, 0.15) is 79.6 Å². The van der Waals surface area contributed by atoms with Crippen molar-refractivity contribution in [3.63, 3.8) is 0 Å². The van der Waals surface area contributed by atoms with Crippen LogP contribution in [0.4, 0.5) is 4.39 Å². The number of hydrogen-bond acceptors (Lipinski definition) is 0. The molecule has 1 heteroatoms. The predicted molar refractivity (Wildman–Crippen MR) is 76.1 cm³/mol. The zero-order valence-electron chi connectivity index (χ0n) is 12.7. The third kappa shape index (κ3) is 7.06. The summed E-state index contributed by atoms with van der Waals surface area (Å²) in [6.07, 6.45) is 8.70. The van der Waals surface area contributed by atoms with Gasteiger partial charge in [0.1, 0.15) is 0 Å². The molecule has 0 aliphatic carbocycles. The number of unbranched alkanes of at least 4 members (excludes halogenated alkanes) is 2. The van der Waals surface area contributed by atoms with Crippen molar-refractivity contribution >= 4 is 0 Å². The molecule has 0 saturated carbocycles. The maximum atomic E-state index is 13.1. The fraction of sp³-hybridized carbons (Fsp3) is 1.00. The van der Waals surface area contributed by atoms with Crippen LogP contribution in [0, 0.1) is 17.3 Å². The molecule has 0 radical (unpaired) electrons. The van der Waals surface area contributed by atoms with Gasteiger partial charge in [0.15, 0.2) is 0 Å². The highest BCUT2D eigenvalue weighted by Gasteiger charge is 2.28. The molecule has 104 valence electrons. The second-order valence-corrected chi connectivity index (χ2v) is 6.38. The molecule has 0 aliphatic heterocycles. The van der Waals surface area contributed by atoms with E-state index < -0.39 is 0 Å². The van der Waals surface area contributed by atoms with Gasteiger partial charge >= 0.3 is 0 Å². The third-order valence-electron chi connectivity index (χ3n) is 4.16. The maximum Gasteiger partial charge on any atom is 0.0925 e. The Labute approximate surface area is 108 Å². The molecule has 0 N–H and O–H groups in total. The quantitative estimate of drug-likeness (QED) is 0.442. The lowest BCUT2D eigenvalue weighted by Crippen LogP contribution is -2.25. The molecule has 0 amide bonds. The molecule has 0 nitrogen and oxygen atoms in total. The molecule has 1 atom stereocenters. The van der Waals surface area contributed by atoms with Crippen LogP contribution >= 0.6 is 0 Å². The second-order valence-electron chi connectivity index (χ2n) is 6.38. The van der Waals surface area contributed by atoms with Gasteiger partial charge in [-0.15, -0.1) is 0 Å². The summed E-state index contributed by atoms with van der Waals surface area (Å²) in [5.74, 6) is 0.733. The summed E-state index contributed by atoms with van der Waals surface area (Å²) in [6.45, 7) is 11.0. The Morgan fingerprint density at radius 2 is 1.47 bits per heavy atom. The molecule has 1 unspecified atom stereocenters. The van der Waals surface area contributed by atoms with E-state index in [0.29, 0.717) is 11.3 Å². The fourth-order valence-corrected chi connectivity index (χ4v) is 2.64. The van der Waals surface area contributed by atoms with Crippen molar-refractivity contribution in [3.05, 3.63) is 0 Å². The van der Waals surface area contributed by atoms with Crippen LogP contribution in [0.5, 0.6) is 0 Å². The highest BCUT2D eigenvalue weighted by molar-refractivity contribution is 4.79. The summed E-state index contributed by atoms with van der Waals surface area (Å²) in [4.78, 5) is 0. The molecule has 0 aliphatic rings. The zero-order chi connectivity index (χ0) is 13.3. The Bertz CT molecular complexity index is 166. The summed E-state index contributed by atoms with van der Waals surface area (Å²) >= 11 is 0. The van der Waals surface area contributed by atoms with Crippen LogP contribution in [-0.2, 0) is 0 Å². The Morgan fingerprint density at radius 1 is 1.00 bits per heavy atom. The van der Waals surface area contributed by atoms with Gasteiger partial charge in [-0.25, -0.2) is 0 Å². The summed E-state index contributed by atoms with van der Waals surface area (Å²) in [5, 5.41) is 0. The van der Waals surface area contributed by atoms with Gasteiger partial charge in [-0.2, -0.15) is 0 Å². The van der Waals surface area contributed by atoms with Gasteiger partial charge in [0.05, 0.1) is 6.67 Å². The van der Waals surface area contributed by atoms with Crippen molar-refractivity contribution in [2.24, 2.45) is 17.3 Å². The number of hydrogen-bond donors (Lipinski definition) is 0. The van der Waals surface area contributed by atoms with Gasteiger partial charge < -0.3 is 0 Å². The summed E-state index contributed by atoms with van der Waals surface area (Å²) < 4.78 is 13.1. The van der Waals surface area contributed by atoms with E-state index in [1.165, 1.54) is 38.5 Å². The smallest absolute Gasteiger partial charge is 0.0925 e.